The van der Waals surface area contributed by atoms with Crippen molar-refractivity contribution in [3.8, 4) is 0 Å². The van der Waals surface area contributed by atoms with Crippen molar-refractivity contribution in [1.29, 1.82) is 0 Å². The van der Waals surface area contributed by atoms with Crippen molar-refractivity contribution in [3.05, 3.63) is 0 Å². The Labute approximate surface area is 81.6 Å². The van der Waals surface area contributed by atoms with Gasteiger partial charge in [-0.05, 0) is 6.42 Å². The molecule has 0 saturated carbocycles. The molecule has 0 radical (unpaired) electrons. The fourth-order valence-corrected chi connectivity index (χ4v) is 0.415. The molecule has 0 unspecified atom stereocenters. The van der Waals surface area contributed by atoms with Crippen LogP contribution < -0.4 is 0 Å². The first kappa shape index (κ1) is 15.5. The highest BCUT2D eigenvalue weighted by molar-refractivity contribution is 7.79. The van der Waals surface area contributed by atoms with Crippen LogP contribution >= 0.6 is 0 Å². The summed E-state index contributed by atoms with van der Waals surface area (Å²) in [7, 11) is -4.67. The van der Waals surface area contributed by atoms with Crippen molar-refractivity contribution in [2.24, 2.45) is 0 Å². The Hall–Kier alpha value is -0.990. The molecule has 0 fully saturated rings. The summed E-state index contributed by atoms with van der Waals surface area (Å²) in [6, 6.07) is 0. The summed E-state index contributed by atoms with van der Waals surface area (Å²) in [5.41, 5.74) is 0. The fourth-order valence-electron chi connectivity index (χ4n) is 0.415. The largest absolute Gasteiger partial charge is 0.394 e. The van der Waals surface area contributed by atoms with E-state index in [9.17, 15) is 9.59 Å². The van der Waals surface area contributed by atoms with Crippen LogP contribution in [0.15, 0.2) is 0 Å². The molecule has 14 heavy (non-hydrogen) atoms. The fraction of sp³-hybridized carbons (Fsp3) is 0.667. The summed E-state index contributed by atoms with van der Waals surface area (Å²) in [5, 5.41) is 0. The minimum Gasteiger partial charge on any atom is -0.393 e. The second-order valence-corrected chi connectivity index (χ2v) is 3.06. The Morgan fingerprint density at radius 2 is 1.64 bits per heavy atom. The molecule has 2 N–H and O–H groups in total. The summed E-state index contributed by atoms with van der Waals surface area (Å²) < 4.78 is 35.8. The monoisotopic (exact) mass is 228 g/mol. The van der Waals surface area contributed by atoms with E-state index in [0.717, 1.165) is 0 Å². The molecule has 7 nitrogen and oxygen atoms in total. The van der Waals surface area contributed by atoms with E-state index in [1.165, 1.54) is 6.92 Å². The molecular formula is C6H12O7S. The SMILES string of the molecule is CCCC(=O)OC(C)=O.O=S(=O)(O)O. The summed E-state index contributed by atoms with van der Waals surface area (Å²) in [6.45, 7) is 3.06. The van der Waals surface area contributed by atoms with Crippen molar-refractivity contribution in [2.75, 3.05) is 0 Å². The van der Waals surface area contributed by atoms with Gasteiger partial charge in [-0.1, -0.05) is 6.92 Å². The maximum absolute atomic E-state index is 10.4. The zero-order valence-electron chi connectivity index (χ0n) is 7.76. The zero-order chi connectivity index (χ0) is 11.8. The van der Waals surface area contributed by atoms with Crippen molar-refractivity contribution >= 4 is 22.3 Å². The molecule has 0 amide bonds. The lowest BCUT2D eigenvalue weighted by atomic mass is 10.3. The Balaban J connectivity index is 0. The molecule has 0 aromatic rings. The molecule has 0 aliphatic heterocycles. The third-order valence-electron chi connectivity index (χ3n) is 0.712. The van der Waals surface area contributed by atoms with Crippen molar-refractivity contribution in [1.82, 2.24) is 0 Å². The number of carbonyl (C=O) groups excluding carboxylic acids is 2. The van der Waals surface area contributed by atoms with Gasteiger partial charge in [0.05, 0.1) is 0 Å². The van der Waals surface area contributed by atoms with Gasteiger partial charge in [0, 0.05) is 13.3 Å². The standard InChI is InChI=1S/C6H10O3.H2O4S/c1-3-4-6(8)9-5(2)7;1-5(2,3)4/h3-4H2,1-2H3;(H2,1,2,3,4). The predicted molar refractivity (Wildman–Crippen MR) is 45.9 cm³/mol. The molecule has 8 heteroatoms. The molecule has 0 aliphatic carbocycles. The third-order valence-corrected chi connectivity index (χ3v) is 0.712. The minimum atomic E-state index is -4.67. The number of rotatable bonds is 2. The highest BCUT2D eigenvalue weighted by atomic mass is 32.3. The topological polar surface area (TPSA) is 118 Å². The van der Waals surface area contributed by atoms with Gasteiger partial charge in [0.2, 0.25) is 0 Å². The Morgan fingerprint density at radius 3 is 1.86 bits per heavy atom. The highest BCUT2D eigenvalue weighted by Gasteiger charge is 2.02. The third kappa shape index (κ3) is 30.5. The molecule has 0 atom stereocenters. The van der Waals surface area contributed by atoms with Gasteiger partial charge < -0.3 is 4.74 Å². The van der Waals surface area contributed by atoms with Crippen LogP contribution in [0.5, 0.6) is 0 Å². The van der Waals surface area contributed by atoms with E-state index in [2.05, 4.69) is 4.74 Å². The number of esters is 2. The van der Waals surface area contributed by atoms with Gasteiger partial charge in [0.1, 0.15) is 0 Å². The number of ether oxygens (including phenoxy) is 1. The molecule has 0 spiro atoms. The normalized spacial score (nSPS) is 9.71. The van der Waals surface area contributed by atoms with E-state index in [1.807, 2.05) is 6.92 Å². The van der Waals surface area contributed by atoms with Crippen molar-refractivity contribution in [2.45, 2.75) is 26.7 Å². The predicted octanol–water partition coefficient (Wildman–Crippen LogP) is 0.223. The smallest absolute Gasteiger partial charge is 0.393 e. The van der Waals surface area contributed by atoms with Crippen molar-refractivity contribution in [3.63, 3.8) is 0 Å². The lowest BCUT2D eigenvalue weighted by molar-refractivity contribution is -0.158. The molecule has 0 rings (SSSR count). The van der Waals surface area contributed by atoms with Crippen LogP contribution in [0.1, 0.15) is 26.7 Å². The van der Waals surface area contributed by atoms with Crippen LogP contribution in [0.2, 0.25) is 0 Å². The maximum atomic E-state index is 10.4. The van der Waals surface area contributed by atoms with Crippen molar-refractivity contribution < 1.29 is 31.8 Å². The van der Waals surface area contributed by atoms with Crippen LogP contribution in [0.4, 0.5) is 0 Å². The van der Waals surface area contributed by atoms with Gasteiger partial charge in [0.15, 0.2) is 0 Å². The summed E-state index contributed by atoms with van der Waals surface area (Å²) in [5.74, 6) is -0.974. The second kappa shape index (κ2) is 7.42. The van der Waals surface area contributed by atoms with E-state index >= 15 is 0 Å². The summed E-state index contributed by atoms with van der Waals surface area (Å²) in [6.07, 6.45) is 1.03. The molecule has 0 aromatic heterocycles. The van der Waals surface area contributed by atoms with Gasteiger partial charge in [-0.3, -0.25) is 18.7 Å². The van der Waals surface area contributed by atoms with E-state index in [1.54, 1.807) is 0 Å². The molecule has 0 heterocycles. The molecule has 0 aromatic carbocycles. The highest BCUT2D eigenvalue weighted by Crippen LogP contribution is 1.90. The molecule has 0 saturated heterocycles. The van der Waals surface area contributed by atoms with Gasteiger partial charge in [0.25, 0.3) is 0 Å². The van der Waals surface area contributed by atoms with Gasteiger partial charge in [-0.2, -0.15) is 8.42 Å². The van der Waals surface area contributed by atoms with Crippen LogP contribution in [-0.4, -0.2) is 29.5 Å². The average molecular weight is 228 g/mol. The second-order valence-electron chi connectivity index (χ2n) is 2.16. The van der Waals surface area contributed by atoms with E-state index in [0.29, 0.717) is 12.8 Å². The van der Waals surface area contributed by atoms with Gasteiger partial charge >= 0.3 is 22.3 Å². The number of hydrogen-bond donors (Lipinski definition) is 2. The number of hydrogen-bond acceptors (Lipinski definition) is 5. The average Bonchev–Trinajstić information content (AvgIpc) is 1.80. The van der Waals surface area contributed by atoms with Gasteiger partial charge in [-0.15, -0.1) is 0 Å². The Bertz CT molecular complexity index is 271. The van der Waals surface area contributed by atoms with Crippen LogP contribution in [0, 0.1) is 0 Å². The van der Waals surface area contributed by atoms with E-state index in [4.69, 9.17) is 17.5 Å². The minimum absolute atomic E-state index is 0.319. The maximum Gasteiger partial charge on any atom is 0.394 e. The Morgan fingerprint density at radius 1 is 1.29 bits per heavy atom. The molecule has 0 bridgehead atoms. The van der Waals surface area contributed by atoms with Gasteiger partial charge in [-0.25, -0.2) is 0 Å². The molecule has 84 valence electrons. The van der Waals surface area contributed by atoms with E-state index in [-0.39, 0.29) is 0 Å². The first-order valence-electron chi connectivity index (χ1n) is 3.58. The van der Waals surface area contributed by atoms with Crippen LogP contribution in [0.3, 0.4) is 0 Å². The van der Waals surface area contributed by atoms with Crippen LogP contribution in [0.25, 0.3) is 0 Å². The lowest BCUT2D eigenvalue weighted by Gasteiger charge is -1.94. The van der Waals surface area contributed by atoms with Crippen LogP contribution in [-0.2, 0) is 24.7 Å². The zero-order valence-corrected chi connectivity index (χ0v) is 8.57. The summed E-state index contributed by atoms with van der Waals surface area (Å²) >= 11 is 0. The molecule has 0 aliphatic rings. The van der Waals surface area contributed by atoms with E-state index < -0.39 is 22.3 Å². The molecular weight excluding hydrogens is 216 g/mol. The Kier molecular flexibility index (Phi) is 8.20. The lowest BCUT2D eigenvalue weighted by Crippen LogP contribution is -2.07. The first-order chi connectivity index (χ1) is 6.16. The number of carbonyl (C=O) groups is 2. The first-order valence-corrected chi connectivity index (χ1v) is 4.97. The quantitative estimate of drug-likeness (QED) is 0.394. The summed E-state index contributed by atoms with van der Waals surface area (Å²) in [4.78, 5) is 20.5.